The first kappa shape index (κ1) is 11.2. The summed E-state index contributed by atoms with van der Waals surface area (Å²) in [4.78, 5) is 21.9. The molecule has 82 valence electrons. The lowest BCUT2D eigenvalue weighted by Crippen LogP contribution is -2.18. The molecule has 0 aromatic carbocycles. The molecule has 1 rings (SSSR count). The fourth-order valence-corrected chi connectivity index (χ4v) is 1.21. The number of ether oxygens (including phenoxy) is 1. The molecule has 0 aliphatic carbocycles. The quantitative estimate of drug-likeness (QED) is 0.743. The predicted molar refractivity (Wildman–Crippen MR) is 50.5 cm³/mol. The van der Waals surface area contributed by atoms with E-state index in [0.29, 0.717) is 6.42 Å². The highest BCUT2D eigenvalue weighted by molar-refractivity contribution is 5.88. The highest BCUT2D eigenvalue weighted by atomic mass is 16.5. The molecular weight excluding hydrogens is 200 g/mol. The Hall–Kier alpha value is -1.85. The van der Waals surface area contributed by atoms with E-state index < -0.39 is 18.0 Å². The molecule has 1 atom stereocenters. The molecule has 6 nitrogen and oxygen atoms in total. The fourth-order valence-electron chi connectivity index (χ4n) is 1.21. The van der Waals surface area contributed by atoms with Crippen LogP contribution in [-0.4, -0.2) is 33.9 Å². The number of carboxylic acid groups (broad SMARTS) is 1. The number of carbonyl (C=O) groups excluding carboxylic acids is 1. The molecule has 1 aromatic rings. The third-order valence-corrected chi connectivity index (χ3v) is 2.01. The Morgan fingerprint density at radius 1 is 1.67 bits per heavy atom. The van der Waals surface area contributed by atoms with E-state index in [0.717, 1.165) is 0 Å². The maximum Gasteiger partial charge on any atom is 0.341 e. The summed E-state index contributed by atoms with van der Waals surface area (Å²) in [5, 5.41) is 12.7. The zero-order chi connectivity index (χ0) is 11.4. The molecule has 1 aromatic heterocycles. The molecular formula is C9H12N2O4. The number of carbonyl (C=O) groups is 2. The highest BCUT2D eigenvalue weighted by Crippen LogP contribution is 2.11. The van der Waals surface area contributed by atoms with Gasteiger partial charge in [-0.1, -0.05) is 6.92 Å². The van der Waals surface area contributed by atoms with Crippen LogP contribution in [0.1, 0.15) is 29.7 Å². The standard InChI is InChI=1S/C9H12N2O4/c1-3-7(8(12)13)11-5-6(4-10-11)9(14)15-2/h4-5,7H,3H2,1-2H3,(H,12,13)/t7-/m0/s1. The summed E-state index contributed by atoms with van der Waals surface area (Å²) in [5.41, 5.74) is 0.247. The van der Waals surface area contributed by atoms with Crippen molar-refractivity contribution in [3.63, 3.8) is 0 Å². The van der Waals surface area contributed by atoms with Crippen LogP contribution >= 0.6 is 0 Å². The second-order valence-corrected chi connectivity index (χ2v) is 2.96. The molecule has 0 fully saturated rings. The Morgan fingerprint density at radius 2 is 2.33 bits per heavy atom. The molecule has 0 bridgehead atoms. The maximum atomic E-state index is 11.1. The lowest BCUT2D eigenvalue weighted by atomic mass is 10.2. The highest BCUT2D eigenvalue weighted by Gasteiger charge is 2.19. The van der Waals surface area contributed by atoms with Crippen molar-refractivity contribution in [3.8, 4) is 0 Å². The third-order valence-electron chi connectivity index (χ3n) is 2.01. The monoisotopic (exact) mass is 212 g/mol. The van der Waals surface area contributed by atoms with Gasteiger partial charge in [-0.25, -0.2) is 9.59 Å². The van der Waals surface area contributed by atoms with Gasteiger partial charge in [0.15, 0.2) is 0 Å². The normalized spacial score (nSPS) is 12.1. The van der Waals surface area contributed by atoms with Crippen LogP contribution in [-0.2, 0) is 9.53 Å². The molecule has 0 saturated heterocycles. The zero-order valence-electron chi connectivity index (χ0n) is 8.51. The van der Waals surface area contributed by atoms with Crippen molar-refractivity contribution >= 4 is 11.9 Å². The van der Waals surface area contributed by atoms with Gasteiger partial charge >= 0.3 is 11.9 Å². The molecule has 15 heavy (non-hydrogen) atoms. The number of methoxy groups -OCH3 is 1. The summed E-state index contributed by atoms with van der Waals surface area (Å²) < 4.78 is 5.73. The van der Waals surface area contributed by atoms with Gasteiger partial charge in [0.1, 0.15) is 6.04 Å². The predicted octanol–water partition coefficient (Wildman–Crippen LogP) is 0.705. The molecule has 6 heteroatoms. The Balaban J connectivity index is 2.92. The maximum absolute atomic E-state index is 11.1. The lowest BCUT2D eigenvalue weighted by Gasteiger charge is -2.08. The number of hydrogen-bond donors (Lipinski definition) is 1. The van der Waals surface area contributed by atoms with E-state index in [9.17, 15) is 9.59 Å². The van der Waals surface area contributed by atoms with E-state index in [4.69, 9.17) is 5.11 Å². The Bertz CT molecular complexity index is 372. The summed E-state index contributed by atoms with van der Waals surface area (Å²) in [7, 11) is 1.26. The minimum atomic E-state index is -0.975. The van der Waals surface area contributed by atoms with Gasteiger partial charge in [-0.05, 0) is 6.42 Å². The van der Waals surface area contributed by atoms with E-state index in [2.05, 4.69) is 9.84 Å². The topological polar surface area (TPSA) is 81.4 Å². The van der Waals surface area contributed by atoms with Crippen molar-refractivity contribution in [1.29, 1.82) is 0 Å². The van der Waals surface area contributed by atoms with Crippen LogP contribution in [0.4, 0.5) is 0 Å². The van der Waals surface area contributed by atoms with Crippen molar-refractivity contribution in [2.24, 2.45) is 0 Å². The summed E-state index contributed by atoms with van der Waals surface area (Å²) in [6.45, 7) is 1.73. The Morgan fingerprint density at radius 3 is 2.80 bits per heavy atom. The van der Waals surface area contributed by atoms with Gasteiger partial charge in [0.05, 0.1) is 18.9 Å². The van der Waals surface area contributed by atoms with Crippen molar-refractivity contribution in [2.75, 3.05) is 7.11 Å². The number of aromatic nitrogens is 2. The number of hydrogen-bond acceptors (Lipinski definition) is 4. The molecule has 0 spiro atoms. The number of carboxylic acids is 1. The van der Waals surface area contributed by atoms with Crippen molar-refractivity contribution in [1.82, 2.24) is 9.78 Å². The van der Waals surface area contributed by atoms with Crippen molar-refractivity contribution in [2.45, 2.75) is 19.4 Å². The summed E-state index contributed by atoms with van der Waals surface area (Å²) in [6.07, 6.45) is 3.06. The molecule has 0 saturated carbocycles. The molecule has 0 amide bonds. The third kappa shape index (κ3) is 2.34. The fraction of sp³-hybridized carbons (Fsp3) is 0.444. The first-order valence-electron chi connectivity index (χ1n) is 4.45. The molecule has 1 heterocycles. The van der Waals surface area contributed by atoms with E-state index >= 15 is 0 Å². The SMILES string of the molecule is CC[C@@H](C(=O)O)n1cc(C(=O)OC)cn1. The summed E-state index contributed by atoms with van der Waals surface area (Å²) in [5.74, 6) is -1.50. The van der Waals surface area contributed by atoms with Gasteiger partial charge in [-0.15, -0.1) is 0 Å². The minimum absolute atomic E-state index is 0.247. The van der Waals surface area contributed by atoms with Crippen molar-refractivity contribution in [3.05, 3.63) is 18.0 Å². The van der Waals surface area contributed by atoms with Crippen LogP contribution in [0.25, 0.3) is 0 Å². The summed E-state index contributed by atoms with van der Waals surface area (Å²) in [6, 6.07) is -0.747. The van der Waals surface area contributed by atoms with Crippen LogP contribution in [0.5, 0.6) is 0 Å². The van der Waals surface area contributed by atoms with E-state index in [-0.39, 0.29) is 5.56 Å². The molecule has 0 aliphatic rings. The molecule has 1 N–H and O–H groups in total. The van der Waals surface area contributed by atoms with Crippen LogP contribution in [0.3, 0.4) is 0 Å². The first-order chi connectivity index (χ1) is 7.10. The number of rotatable bonds is 4. The van der Waals surface area contributed by atoms with Crippen LogP contribution < -0.4 is 0 Å². The van der Waals surface area contributed by atoms with Gasteiger partial charge in [0.2, 0.25) is 0 Å². The molecule has 0 unspecified atom stereocenters. The second kappa shape index (κ2) is 4.59. The number of nitrogens with zero attached hydrogens (tertiary/aromatic N) is 2. The minimum Gasteiger partial charge on any atom is -0.480 e. The van der Waals surface area contributed by atoms with E-state index in [1.165, 1.54) is 24.2 Å². The smallest absolute Gasteiger partial charge is 0.341 e. The Kier molecular flexibility index (Phi) is 3.43. The van der Waals surface area contributed by atoms with Crippen LogP contribution in [0.2, 0.25) is 0 Å². The van der Waals surface area contributed by atoms with Gasteiger partial charge < -0.3 is 9.84 Å². The first-order valence-corrected chi connectivity index (χ1v) is 4.45. The number of esters is 1. The lowest BCUT2D eigenvalue weighted by molar-refractivity contribution is -0.141. The molecule has 0 aliphatic heterocycles. The average molecular weight is 212 g/mol. The van der Waals surface area contributed by atoms with Gasteiger partial charge in [-0.2, -0.15) is 5.10 Å². The van der Waals surface area contributed by atoms with Crippen LogP contribution in [0.15, 0.2) is 12.4 Å². The largest absolute Gasteiger partial charge is 0.480 e. The van der Waals surface area contributed by atoms with Gasteiger partial charge in [0, 0.05) is 6.20 Å². The van der Waals surface area contributed by atoms with Gasteiger partial charge in [-0.3, -0.25) is 4.68 Å². The van der Waals surface area contributed by atoms with Gasteiger partial charge in [0.25, 0.3) is 0 Å². The second-order valence-electron chi connectivity index (χ2n) is 2.96. The van der Waals surface area contributed by atoms with Crippen molar-refractivity contribution < 1.29 is 19.4 Å². The Labute approximate surface area is 86.5 Å². The van der Waals surface area contributed by atoms with E-state index in [1.807, 2.05) is 0 Å². The molecule has 0 radical (unpaired) electrons. The van der Waals surface area contributed by atoms with Crippen LogP contribution in [0, 0.1) is 0 Å². The summed E-state index contributed by atoms with van der Waals surface area (Å²) >= 11 is 0. The average Bonchev–Trinajstić information content (AvgIpc) is 2.66. The van der Waals surface area contributed by atoms with E-state index in [1.54, 1.807) is 6.92 Å². The number of aliphatic carboxylic acids is 1. The zero-order valence-corrected chi connectivity index (χ0v) is 8.51.